The van der Waals surface area contributed by atoms with Crippen LogP contribution >= 0.6 is 11.8 Å². The van der Waals surface area contributed by atoms with Gasteiger partial charge in [-0.2, -0.15) is 5.10 Å². The van der Waals surface area contributed by atoms with Gasteiger partial charge in [0.25, 0.3) is 0 Å². The average molecular weight is 291 g/mol. The summed E-state index contributed by atoms with van der Waals surface area (Å²) in [6.45, 7) is 2.98. The largest absolute Gasteiger partial charge is 0.493 e. The van der Waals surface area contributed by atoms with Crippen LogP contribution in [-0.2, 0) is 7.05 Å². The van der Waals surface area contributed by atoms with Gasteiger partial charge in [0.2, 0.25) is 0 Å². The van der Waals surface area contributed by atoms with Gasteiger partial charge in [-0.15, -0.1) is 11.8 Å². The molecule has 0 saturated carbocycles. The summed E-state index contributed by atoms with van der Waals surface area (Å²) < 4.78 is 7.30. The lowest BCUT2D eigenvalue weighted by Gasteiger charge is -2.20. The highest BCUT2D eigenvalue weighted by Crippen LogP contribution is 2.30. The van der Waals surface area contributed by atoms with Crippen molar-refractivity contribution in [2.24, 2.45) is 7.05 Å². The van der Waals surface area contributed by atoms with E-state index in [-0.39, 0.29) is 6.04 Å². The molecule has 2 rings (SSSR count). The molecule has 0 spiro atoms. The molecule has 0 aliphatic carbocycles. The van der Waals surface area contributed by atoms with E-state index in [1.165, 1.54) is 10.5 Å². The molecule has 5 heteroatoms. The second-order valence-electron chi connectivity index (χ2n) is 4.49. The number of nitrogens with zero attached hydrogens (tertiary/aromatic N) is 2. The first-order valence-corrected chi connectivity index (χ1v) is 7.87. The first kappa shape index (κ1) is 14.9. The molecule has 1 aromatic carbocycles. The standard InChI is InChI=1S/C15H21N3OS/c1-5-16-14(11-6-8-12(20-4)9-7-11)15-13(19-3)10-17-18(15)2/h6-10,14,16H,5H2,1-4H3. The number of rotatable bonds is 6. The fourth-order valence-corrected chi connectivity index (χ4v) is 2.69. The van der Waals surface area contributed by atoms with E-state index in [0.717, 1.165) is 18.0 Å². The maximum atomic E-state index is 5.43. The van der Waals surface area contributed by atoms with Crippen molar-refractivity contribution in [3.8, 4) is 5.75 Å². The SMILES string of the molecule is CCNC(c1ccc(SC)cc1)c1c(OC)cnn1C. The first-order valence-electron chi connectivity index (χ1n) is 6.64. The minimum Gasteiger partial charge on any atom is -0.493 e. The van der Waals surface area contributed by atoms with Gasteiger partial charge >= 0.3 is 0 Å². The van der Waals surface area contributed by atoms with Crippen molar-refractivity contribution in [2.75, 3.05) is 19.9 Å². The molecule has 2 aromatic rings. The van der Waals surface area contributed by atoms with Gasteiger partial charge < -0.3 is 10.1 Å². The molecule has 1 heterocycles. The first-order chi connectivity index (χ1) is 9.71. The molecule has 108 valence electrons. The van der Waals surface area contributed by atoms with Crippen LogP contribution in [0.25, 0.3) is 0 Å². The predicted molar refractivity (Wildman–Crippen MR) is 83.5 cm³/mol. The third kappa shape index (κ3) is 2.99. The van der Waals surface area contributed by atoms with Crippen molar-refractivity contribution in [1.29, 1.82) is 0 Å². The van der Waals surface area contributed by atoms with Gasteiger partial charge in [-0.25, -0.2) is 0 Å². The van der Waals surface area contributed by atoms with E-state index >= 15 is 0 Å². The topological polar surface area (TPSA) is 39.1 Å². The second-order valence-corrected chi connectivity index (χ2v) is 5.37. The van der Waals surface area contributed by atoms with Crippen LogP contribution in [0, 0.1) is 0 Å². The zero-order valence-corrected chi connectivity index (χ0v) is 13.2. The maximum Gasteiger partial charge on any atom is 0.161 e. The molecule has 0 amide bonds. The van der Waals surface area contributed by atoms with Gasteiger partial charge in [0.1, 0.15) is 5.69 Å². The van der Waals surface area contributed by atoms with Gasteiger partial charge in [0, 0.05) is 11.9 Å². The van der Waals surface area contributed by atoms with Gasteiger partial charge in [0.15, 0.2) is 5.75 Å². The van der Waals surface area contributed by atoms with Crippen molar-refractivity contribution < 1.29 is 4.74 Å². The normalized spacial score (nSPS) is 12.4. The van der Waals surface area contributed by atoms with Crippen molar-refractivity contribution >= 4 is 11.8 Å². The zero-order valence-electron chi connectivity index (χ0n) is 12.4. The summed E-state index contributed by atoms with van der Waals surface area (Å²) in [5, 5.41) is 7.80. The van der Waals surface area contributed by atoms with Gasteiger partial charge in [-0.3, -0.25) is 4.68 Å². The Bertz CT molecular complexity index is 551. The molecule has 1 N–H and O–H groups in total. The Morgan fingerprint density at radius 1 is 1.35 bits per heavy atom. The van der Waals surface area contributed by atoms with Crippen LogP contribution in [0.2, 0.25) is 0 Å². The van der Waals surface area contributed by atoms with Crippen molar-refractivity contribution in [2.45, 2.75) is 17.9 Å². The number of aryl methyl sites for hydroxylation is 1. The molecule has 0 saturated heterocycles. The smallest absolute Gasteiger partial charge is 0.161 e. The highest BCUT2D eigenvalue weighted by atomic mass is 32.2. The summed E-state index contributed by atoms with van der Waals surface area (Å²) in [5.41, 5.74) is 2.26. The van der Waals surface area contributed by atoms with Crippen LogP contribution in [0.4, 0.5) is 0 Å². The number of hydrogen-bond acceptors (Lipinski definition) is 4. The number of benzene rings is 1. The fourth-order valence-electron chi connectivity index (χ4n) is 2.29. The monoisotopic (exact) mass is 291 g/mol. The average Bonchev–Trinajstić information content (AvgIpc) is 2.86. The lowest BCUT2D eigenvalue weighted by molar-refractivity contribution is 0.401. The Hall–Kier alpha value is -1.46. The molecular formula is C15H21N3OS. The van der Waals surface area contributed by atoms with Gasteiger partial charge in [0.05, 0.1) is 19.3 Å². The highest BCUT2D eigenvalue weighted by molar-refractivity contribution is 7.98. The Morgan fingerprint density at radius 2 is 2.05 bits per heavy atom. The van der Waals surface area contributed by atoms with Crippen LogP contribution in [-0.4, -0.2) is 29.7 Å². The van der Waals surface area contributed by atoms with E-state index in [1.54, 1.807) is 25.1 Å². The number of thioether (sulfide) groups is 1. The van der Waals surface area contributed by atoms with Crippen LogP contribution in [0.1, 0.15) is 24.2 Å². The van der Waals surface area contributed by atoms with Crippen molar-refractivity contribution in [3.05, 3.63) is 41.7 Å². The maximum absolute atomic E-state index is 5.43. The Balaban J connectivity index is 2.41. The van der Waals surface area contributed by atoms with E-state index in [0.29, 0.717) is 0 Å². The van der Waals surface area contributed by atoms with E-state index in [4.69, 9.17) is 4.74 Å². The van der Waals surface area contributed by atoms with Gasteiger partial charge in [-0.05, 0) is 30.5 Å². The molecule has 1 unspecified atom stereocenters. The van der Waals surface area contributed by atoms with Crippen molar-refractivity contribution in [1.82, 2.24) is 15.1 Å². The molecule has 0 fully saturated rings. The van der Waals surface area contributed by atoms with E-state index in [2.05, 4.69) is 47.9 Å². The number of aromatic nitrogens is 2. The molecular weight excluding hydrogens is 270 g/mol. The minimum atomic E-state index is 0.0818. The summed E-state index contributed by atoms with van der Waals surface area (Å²) in [4.78, 5) is 1.26. The molecule has 0 aliphatic heterocycles. The van der Waals surface area contributed by atoms with Gasteiger partial charge in [-0.1, -0.05) is 19.1 Å². The molecule has 0 radical (unpaired) electrons. The van der Waals surface area contributed by atoms with Crippen LogP contribution in [0.5, 0.6) is 5.75 Å². The minimum absolute atomic E-state index is 0.0818. The second kappa shape index (κ2) is 6.81. The number of hydrogen-bond donors (Lipinski definition) is 1. The summed E-state index contributed by atoms with van der Waals surface area (Å²) in [6.07, 6.45) is 3.84. The number of nitrogens with one attached hydrogen (secondary N) is 1. The lowest BCUT2D eigenvalue weighted by Crippen LogP contribution is -2.24. The van der Waals surface area contributed by atoms with Crippen LogP contribution in [0.3, 0.4) is 0 Å². The molecule has 20 heavy (non-hydrogen) atoms. The molecule has 4 nitrogen and oxygen atoms in total. The fraction of sp³-hybridized carbons (Fsp3) is 0.400. The van der Waals surface area contributed by atoms with E-state index in [1.807, 2.05) is 11.7 Å². The highest BCUT2D eigenvalue weighted by Gasteiger charge is 2.21. The van der Waals surface area contributed by atoms with E-state index in [9.17, 15) is 0 Å². The summed E-state index contributed by atoms with van der Waals surface area (Å²) >= 11 is 1.75. The lowest BCUT2D eigenvalue weighted by atomic mass is 10.0. The van der Waals surface area contributed by atoms with Crippen LogP contribution < -0.4 is 10.1 Å². The summed E-state index contributed by atoms with van der Waals surface area (Å²) in [7, 11) is 3.62. The third-order valence-electron chi connectivity index (χ3n) is 3.30. The summed E-state index contributed by atoms with van der Waals surface area (Å²) in [5.74, 6) is 0.812. The number of methoxy groups -OCH3 is 1. The van der Waals surface area contributed by atoms with E-state index < -0.39 is 0 Å². The third-order valence-corrected chi connectivity index (χ3v) is 4.04. The number of ether oxygens (including phenoxy) is 1. The Kier molecular flexibility index (Phi) is 5.09. The molecule has 1 atom stereocenters. The quantitative estimate of drug-likeness (QED) is 0.831. The van der Waals surface area contributed by atoms with Crippen LogP contribution in [0.15, 0.2) is 35.4 Å². The zero-order chi connectivity index (χ0) is 14.5. The summed E-state index contributed by atoms with van der Waals surface area (Å²) in [6, 6.07) is 8.69. The Labute approximate surface area is 124 Å². The molecule has 0 aliphatic rings. The molecule has 0 bridgehead atoms. The molecule has 1 aromatic heterocycles. The predicted octanol–water partition coefficient (Wildman–Crippen LogP) is 2.85. The Morgan fingerprint density at radius 3 is 2.60 bits per heavy atom. The van der Waals surface area contributed by atoms with Crippen molar-refractivity contribution in [3.63, 3.8) is 0 Å².